The number of hydrogen-bond donors (Lipinski definition) is 1. The maximum absolute atomic E-state index is 12.3. The van der Waals surface area contributed by atoms with Crippen molar-refractivity contribution >= 4 is 5.91 Å². The van der Waals surface area contributed by atoms with Crippen molar-refractivity contribution in [1.29, 1.82) is 0 Å². The largest absolute Gasteiger partial charge is 0.335 e. The van der Waals surface area contributed by atoms with Crippen LogP contribution in [-0.4, -0.2) is 52.9 Å². The number of amides is 1. The van der Waals surface area contributed by atoms with E-state index in [0.29, 0.717) is 19.1 Å². The fourth-order valence-electron chi connectivity index (χ4n) is 2.35. The van der Waals surface area contributed by atoms with Gasteiger partial charge in [0.15, 0.2) is 0 Å². The zero-order chi connectivity index (χ0) is 13.1. The summed E-state index contributed by atoms with van der Waals surface area (Å²) < 4.78 is 0. The van der Waals surface area contributed by atoms with Crippen LogP contribution in [0.2, 0.25) is 0 Å². The molecule has 0 bridgehead atoms. The molecule has 0 aromatic carbocycles. The molecule has 0 aliphatic carbocycles. The third-order valence-corrected chi connectivity index (χ3v) is 3.61. The van der Waals surface area contributed by atoms with Crippen LogP contribution in [-0.2, 0) is 11.3 Å². The first-order valence-electron chi connectivity index (χ1n) is 6.23. The maximum Gasteiger partial charge on any atom is 0.241 e. The van der Waals surface area contributed by atoms with Crippen LogP contribution in [0.1, 0.15) is 12.5 Å². The van der Waals surface area contributed by atoms with Crippen molar-refractivity contribution in [3.05, 3.63) is 30.1 Å². The summed E-state index contributed by atoms with van der Waals surface area (Å²) in [6.45, 7) is 3.87. The van der Waals surface area contributed by atoms with Crippen LogP contribution in [0.3, 0.4) is 0 Å². The summed E-state index contributed by atoms with van der Waals surface area (Å²) in [5.41, 5.74) is 6.81. The first-order valence-corrected chi connectivity index (χ1v) is 6.23. The molecule has 1 aromatic rings. The topological polar surface area (TPSA) is 62.5 Å². The van der Waals surface area contributed by atoms with Crippen molar-refractivity contribution in [3.63, 3.8) is 0 Å². The third-order valence-electron chi connectivity index (χ3n) is 3.61. The molecule has 2 N–H and O–H groups in total. The van der Waals surface area contributed by atoms with E-state index in [2.05, 4.69) is 16.8 Å². The minimum Gasteiger partial charge on any atom is -0.335 e. The number of likely N-dealkylation sites (N-methyl/N-ethyl adjacent to an activating group) is 1. The molecule has 1 aromatic heterocycles. The second kappa shape index (κ2) is 5.46. The van der Waals surface area contributed by atoms with Gasteiger partial charge in [0.1, 0.15) is 6.04 Å². The Morgan fingerprint density at radius 3 is 2.72 bits per heavy atom. The number of pyridine rings is 1. The van der Waals surface area contributed by atoms with Gasteiger partial charge in [0.05, 0.1) is 0 Å². The highest BCUT2D eigenvalue weighted by atomic mass is 16.2. The van der Waals surface area contributed by atoms with Gasteiger partial charge >= 0.3 is 0 Å². The molecule has 2 rings (SSSR count). The lowest BCUT2D eigenvalue weighted by atomic mass is 10.1. The average molecular weight is 248 g/mol. The molecule has 1 aliphatic rings. The van der Waals surface area contributed by atoms with Crippen molar-refractivity contribution in [2.24, 2.45) is 5.73 Å². The summed E-state index contributed by atoms with van der Waals surface area (Å²) in [4.78, 5) is 20.2. The van der Waals surface area contributed by atoms with Crippen LogP contribution >= 0.6 is 0 Å². The predicted molar refractivity (Wildman–Crippen MR) is 69.7 cm³/mol. The summed E-state index contributed by atoms with van der Waals surface area (Å²) in [6, 6.07) is 4.01. The Bertz CT molecular complexity index is 409. The smallest absolute Gasteiger partial charge is 0.241 e. The third kappa shape index (κ3) is 2.52. The highest BCUT2D eigenvalue weighted by Crippen LogP contribution is 2.16. The fourth-order valence-corrected chi connectivity index (χ4v) is 2.35. The normalized spacial score (nSPS) is 25.5. The maximum atomic E-state index is 12.3. The molecule has 18 heavy (non-hydrogen) atoms. The molecule has 0 spiro atoms. The number of piperazine rings is 1. The highest BCUT2D eigenvalue weighted by molar-refractivity contribution is 5.83. The van der Waals surface area contributed by atoms with E-state index >= 15 is 0 Å². The molecule has 98 valence electrons. The van der Waals surface area contributed by atoms with Crippen LogP contribution in [0.5, 0.6) is 0 Å². The molecule has 1 amide bonds. The van der Waals surface area contributed by atoms with Gasteiger partial charge in [0, 0.05) is 38.1 Å². The van der Waals surface area contributed by atoms with E-state index in [1.807, 2.05) is 24.1 Å². The lowest BCUT2D eigenvalue weighted by Gasteiger charge is -2.42. The molecule has 5 heteroatoms. The van der Waals surface area contributed by atoms with Crippen molar-refractivity contribution < 1.29 is 4.79 Å². The Kier molecular flexibility index (Phi) is 3.93. The Labute approximate surface area is 108 Å². The van der Waals surface area contributed by atoms with Crippen LogP contribution < -0.4 is 5.73 Å². The van der Waals surface area contributed by atoms with Gasteiger partial charge in [0.2, 0.25) is 5.91 Å². The highest BCUT2D eigenvalue weighted by Gasteiger charge is 2.35. The van der Waals surface area contributed by atoms with Crippen LogP contribution in [0.25, 0.3) is 0 Å². The van der Waals surface area contributed by atoms with E-state index in [4.69, 9.17) is 5.73 Å². The van der Waals surface area contributed by atoms with Crippen molar-refractivity contribution in [1.82, 2.24) is 14.8 Å². The van der Waals surface area contributed by atoms with Gasteiger partial charge < -0.3 is 10.6 Å². The summed E-state index contributed by atoms with van der Waals surface area (Å²) in [6.07, 6.45) is 3.50. The minimum atomic E-state index is -0.199. The molecule has 2 heterocycles. The van der Waals surface area contributed by atoms with Gasteiger partial charge in [-0.2, -0.15) is 0 Å². The number of nitrogens with zero attached hydrogens (tertiary/aromatic N) is 3. The Morgan fingerprint density at radius 2 is 2.11 bits per heavy atom. The first kappa shape index (κ1) is 13.0. The van der Waals surface area contributed by atoms with Gasteiger partial charge in [-0.05, 0) is 31.7 Å². The monoisotopic (exact) mass is 248 g/mol. The predicted octanol–water partition coefficient (Wildman–Crippen LogP) is 0.0714. The fraction of sp³-hybridized carbons (Fsp3) is 0.538. The molecule has 2 atom stereocenters. The number of nitrogens with two attached hydrogens (primary N) is 1. The lowest BCUT2D eigenvalue weighted by Crippen LogP contribution is -2.61. The Morgan fingerprint density at radius 1 is 1.44 bits per heavy atom. The second-order valence-corrected chi connectivity index (χ2v) is 4.84. The zero-order valence-electron chi connectivity index (χ0n) is 10.9. The van der Waals surface area contributed by atoms with E-state index in [9.17, 15) is 4.79 Å². The standard InChI is InChI=1S/C13H20N4O/c1-10-8-17(9-11-3-5-15-6-4-11)13(18)12(7-14)16(10)2/h3-6,10,12H,7-9,14H2,1-2H3. The summed E-state index contributed by atoms with van der Waals surface area (Å²) in [7, 11) is 1.96. The minimum absolute atomic E-state index is 0.120. The zero-order valence-corrected chi connectivity index (χ0v) is 10.9. The lowest BCUT2D eigenvalue weighted by molar-refractivity contribution is -0.143. The van der Waals surface area contributed by atoms with Gasteiger partial charge in [-0.1, -0.05) is 0 Å². The number of rotatable bonds is 3. The molecular formula is C13H20N4O. The molecule has 0 radical (unpaired) electrons. The van der Waals surface area contributed by atoms with Gasteiger partial charge in [-0.15, -0.1) is 0 Å². The van der Waals surface area contributed by atoms with Crippen LogP contribution in [0, 0.1) is 0 Å². The van der Waals surface area contributed by atoms with Gasteiger partial charge in [0.25, 0.3) is 0 Å². The summed E-state index contributed by atoms with van der Waals surface area (Å²) in [5.74, 6) is 0.120. The van der Waals surface area contributed by atoms with Crippen LogP contribution in [0.4, 0.5) is 0 Å². The van der Waals surface area contributed by atoms with Gasteiger partial charge in [-0.3, -0.25) is 14.7 Å². The van der Waals surface area contributed by atoms with E-state index in [1.54, 1.807) is 12.4 Å². The van der Waals surface area contributed by atoms with Gasteiger partial charge in [-0.25, -0.2) is 0 Å². The van der Waals surface area contributed by atoms with E-state index in [-0.39, 0.29) is 11.9 Å². The summed E-state index contributed by atoms with van der Waals surface area (Å²) >= 11 is 0. The first-order chi connectivity index (χ1) is 8.63. The number of hydrogen-bond acceptors (Lipinski definition) is 4. The Hall–Kier alpha value is -1.46. The molecule has 5 nitrogen and oxygen atoms in total. The Balaban J connectivity index is 2.11. The average Bonchev–Trinajstić information content (AvgIpc) is 2.38. The molecule has 2 unspecified atom stereocenters. The van der Waals surface area contributed by atoms with Crippen molar-refractivity contribution in [2.45, 2.75) is 25.6 Å². The van der Waals surface area contributed by atoms with E-state index in [0.717, 1.165) is 12.1 Å². The molecule has 0 saturated carbocycles. The molecule has 1 aliphatic heterocycles. The quantitative estimate of drug-likeness (QED) is 0.822. The SMILES string of the molecule is CC1CN(Cc2ccncc2)C(=O)C(CN)N1C. The number of aromatic nitrogens is 1. The number of carbonyl (C=O) groups is 1. The van der Waals surface area contributed by atoms with E-state index in [1.165, 1.54) is 0 Å². The van der Waals surface area contributed by atoms with Crippen molar-refractivity contribution in [3.8, 4) is 0 Å². The molecular weight excluding hydrogens is 228 g/mol. The molecule has 1 fully saturated rings. The van der Waals surface area contributed by atoms with Crippen LogP contribution in [0.15, 0.2) is 24.5 Å². The summed E-state index contributed by atoms with van der Waals surface area (Å²) in [5, 5.41) is 0. The van der Waals surface area contributed by atoms with Crippen molar-refractivity contribution in [2.75, 3.05) is 20.1 Å². The second-order valence-electron chi connectivity index (χ2n) is 4.84. The molecule has 1 saturated heterocycles. The van der Waals surface area contributed by atoms with E-state index < -0.39 is 0 Å². The number of carbonyl (C=O) groups excluding carboxylic acids is 1.